The number of piperazine rings is 1. The Morgan fingerprint density at radius 2 is 2.00 bits per heavy atom. The number of hydrogen-bond acceptors (Lipinski definition) is 5. The van der Waals surface area contributed by atoms with Crippen molar-refractivity contribution in [3.63, 3.8) is 0 Å². The molecule has 1 atom stereocenters. The minimum atomic E-state index is -0.458. The van der Waals surface area contributed by atoms with Crippen LogP contribution >= 0.6 is 0 Å². The fourth-order valence-electron chi connectivity index (χ4n) is 2.33. The molecule has 0 aromatic heterocycles. The van der Waals surface area contributed by atoms with Gasteiger partial charge in [-0.3, -0.25) is 4.90 Å². The molecular formula is C15H31N3O3. The first-order chi connectivity index (χ1) is 9.87. The smallest absolute Gasteiger partial charge is 0.410 e. The normalized spacial score (nSPS) is 20.6. The van der Waals surface area contributed by atoms with Crippen molar-refractivity contribution in [2.24, 2.45) is 5.73 Å². The third-order valence-electron chi connectivity index (χ3n) is 3.40. The quantitative estimate of drug-likeness (QED) is 0.749. The van der Waals surface area contributed by atoms with Gasteiger partial charge in [0.05, 0.1) is 6.61 Å². The van der Waals surface area contributed by atoms with Crippen LogP contribution < -0.4 is 5.73 Å². The zero-order valence-corrected chi connectivity index (χ0v) is 13.9. The zero-order valence-electron chi connectivity index (χ0n) is 13.9. The number of ether oxygens (including phenoxy) is 2. The average Bonchev–Trinajstić information content (AvgIpc) is 2.41. The topological polar surface area (TPSA) is 68.0 Å². The van der Waals surface area contributed by atoms with Crippen LogP contribution in [0.4, 0.5) is 4.79 Å². The summed E-state index contributed by atoms with van der Waals surface area (Å²) >= 11 is 0. The molecule has 0 spiro atoms. The Morgan fingerprint density at radius 1 is 1.29 bits per heavy atom. The molecule has 0 aromatic rings. The Labute approximate surface area is 128 Å². The van der Waals surface area contributed by atoms with E-state index < -0.39 is 5.60 Å². The van der Waals surface area contributed by atoms with Gasteiger partial charge in [-0.25, -0.2) is 4.79 Å². The van der Waals surface area contributed by atoms with E-state index in [2.05, 4.69) is 11.8 Å². The summed E-state index contributed by atoms with van der Waals surface area (Å²) in [4.78, 5) is 16.2. The molecular weight excluding hydrogens is 270 g/mol. The van der Waals surface area contributed by atoms with Gasteiger partial charge in [0, 0.05) is 45.4 Å². The van der Waals surface area contributed by atoms with E-state index in [1.807, 2.05) is 20.8 Å². The predicted octanol–water partition coefficient (Wildman–Crippen LogP) is 1.29. The lowest BCUT2D eigenvalue weighted by Crippen LogP contribution is -2.58. The molecule has 0 saturated carbocycles. The van der Waals surface area contributed by atoms with Crippen LogP contribution in [-0.2, 0) is 9.47 Å². The zero-order chi connectivity index (χ0) is 15.9. The summed E-state index contributed by atoms with van der Waals surface area (Å²) in [5, 5.41) is 0. The van der Waals surface area contributed by atoms with E-state index in [0.717, 1.165) is 32.7 Å². The molecule has 124 valence electrons. The lowest BCUT2D eigenvalue weighted by atomic mass is 10.1. The van der Waals surface area contributed by atoms with E-state index >= 15 is 0 Å². The number of amides is 1. The van der Waals surface area contributed by atoms with Gasteiger partial charge in [-0.1, -0.05) is 6.92 Å². The third kappa shape index (κ3) is 6.63. The van der Waals surface area contributed by atoms with Crippen molar-refractivity contribution < 1.29 is 14.3 Å². The Kier molecular flexibility index (Phi) is 7.42. The average molecular weight is 301 g/mol. The largest absolute Gasteiger partial charge is 0.444 e. The van der Waals surface area contributed by atoms with Crippen molar-refractivity contribution in [2.75, 3.05) is 45.9 Å². The van der Waals surface area contributed by atoms with E-state index in [4.69, 9.17) is 15.2 Å². The van der Waals surface area contributed by atoms with Gasteiger partial charge in [0.1, 0.15) is 5.60 Å². The number of hydrogen-bond donors (Lipinski definition) is 1. The molecule has 1 unspecified atom stereocenters. The van der Waals surface area contributed by atoms with Gasteiger partial charge in [-0.15, -0.1) is 0 Å². The van der Waals surface area contributed by atoms with Crippen molar-refractivity contribution in [1.82, 2.24) is 9.80 Å². The lowest BCUT2D eigenvalue weighted by Gasteiger charge is -2.41. The third-order valence-corrected chi connectivity index (χ3v) is 3.40. The number of carbonyl (C=O) groups is 1. The Bertz CT molecular complexity index is 318. The number of nitrogens with two attached hydrogens (primary N) is 1. The van der Waals surface area contributed by atoms with E-state index in [1.165, 1.54) is 0 Å². The van der Waals surface area contributed by atoms with Crippen molar-refractivity contribution >= 4 is 6.09 Å². The van der Waals surface area contributed by atoms with Crippen molar-refractivity contribution in [3.05, 3.63) is 0 Å². The molecule has 0 radical (unpaired) electrons. The summed E-state index contributed by atoms with van der Waals surface area (Å²) in [7, 11) is 0. The van der Waals surface area contributed by atoms with E-state index in [0.29, 0.717) is 19.6 Å². The maximum atomic E-state index is 12.1. The van der Waals surface area contributed by atoms with Gasteiger partial charge >= 0.3 is 6.09 Å². The molecule has 0 aromatic carbocycles. The molecule has 1 fully saturated rings. The summed E-state index contributed by atoms with van der Waals surface area (Å²) in [6.45, 7) is 12.8. The highest BCUT2D eigenvalue weighted by molar-refractivity contribution is 5.68. The molecule has 1 rings (SSSR count). The fraction of sp³-hybridized carbons (Fsp3) is 0.933. The highest BCUT2D eigenvalue weighted by Gasteiger charge is 2.30. The first kappa shape index (κ1) is 18.2. The Morgan fingerprint density at radius 3 is 2.57 bits per heavy atom. The Hall–Kier alpha value is -0.850. The standard InChI is InChI=1S/C15H31N3O3/c1-5-9-20-10-8-17-6-7-18(12-13(17)11-16)14(19)21-15(2,3)4/h13H,5-12,16H2,1-4H3. The van der Waals surface area contributed by atoms with Gasteiger partial charge in [0.15, 0.2) is 0 Å². The molecule has 1 heterocycles. The first-order valence-corrected chi connectivity index (χ1v) is 7.87. The van der Waals surface area contributed by atoms with Gasteiger partial charge < -0.3 is 20.1 Å². The van der Waals surface area contributed by atoms with Crippen LogP contribution in [0.1, 0.15) is 34.1 Å². The van der Waals surface area contributed by atoms with Crippen LogP contribution in [0.15, 0.2) is 0 Å². The molecule has 6 heteroatoms. The van der Waals surface area contributed by atoms with Gasteiger partial charge in [0.25, 0.3) is 0 Å². The van der Waals surface area contributed by atoms with Gasteiger partial charge in [-0.2, -0.15) is 0 Å². The SMILES string of the molecule is CCCOCCN1CCN(C(=O)OC(C)(C)C)CC1CN. The Balaban J connectivity index is 2.43. The molecule has 1 amide bonds. The molecule has 0 bridgehead atoms. The van der Waals surface area contributed by atoms with Crippen LogP contribution in [0.25, 0.3) is 0 Å². The van der Waals surface area contributed by atoms with E-state index in [9.17, 15) is 4.79 Å². The highest BCUT2D eigenvalue weighted by Crippen LogP contribution is 2.14. The van der Waals surface area contributed by atoms with Crippen molar-refractivity contribution in [3.8, 4) is 0 Å². The van der Waals surface area contributed by atoms with Gasteiger partial charge in [0.2, 0.25) is 0 Å². The maximum absolute atomic E-state index is 12.1. The number of nitrogens with zero attached hydrogens (tertiary/aromatic N) is 2. The van der Waals surface area contributed by atoms with Crippen LogP contribution in [-0.4, -0.2) is 73.5 Å². The second kappa shape index (κ2) is 8.56. The minimum absolute atomic E-state index is 0.177. The molecule has 6 nitrogen and oxygen atoms in total. The first-order valence-electron chi connectivity index (χ1n) is 7.87. The summed E-state index contributed by atoms with van der Waals surface area (Å²) in [6, 6.07) is 0.177. The monoisotopic (exact) mass is 301 g/mol. The minimum Gasteiger partial charge on any atom is -0.444 e. The molecule has 21 heavy (non-hydrogen) atoms. The van der Waals surface area contributed by atoms with Crippen LogP contribution in [0.2, 0.25) is 0 Å². The number of carbonyl (C=O) groups excluding carboxylic acids is 1. The summed E-state index contributed by atoms with van der Waals surface area (Å²) in [6.07, 6.45) is 0.787. The van der Waals surface area contributed by atoms with E-state index in [1.54, 1.807) is 4.90 Å². The fourth-order valence-corrected chi connectivity index (χ4v) is 2.33. The molecule has 1 aliphatic heterocycles. The van der Waals surface area contributed by atoms with E-state index in [-0.39, 0.29) is 12.1 Å². The molecule has 0 aliphatic carbocycles. The molecule has 1 aliphatic rings. The predicted molar refractivity (Wildman–Crippen MR) is 83.3 cm³/mol. The summed E-state index contributed by atoms with van der Waals surface area (Å²) in [5.74, 6) is 0. The second-order valence-corrected chi connectivity index (χ2v) is 6.46. The van der Waals surface area contributed by atoms with Crippen LogP contribution in [0.5, 0.6) is 0 Å². The van der Waals surface area contributed by atoms with Crippen LogP contribution in [0, 0.1) is 0 Å². The molecule has 2 N–H and O–H groups in total. The van der Waals surface area contributed by atoms with Crippen molar-refractivity contribution in [2.45, 2.75) is 45.8 Å². The van der Waals surface area contributed by atoms with Crippen molar-refractivity contribution in [1.29, 1.82) is 0 Å². The van der Waals surface area contributed by atoms with Gasteiger partial charge in [-0.05, 0) is 27.2 Å². The lowest BCUT2D eigenvalue weighted by molar-refractivity contribution is -0.000372. The number of rotatable bonds is 6. The highest BCUT2D eigenvalue weighted by atomic mass is 16.6. The molecule has 1 saturated heterocycles. The second-order valence-electron chi connectivity index (χ2n) is 6.46. The summed E-state index contributed by atoms with van der Waals surface area (Å²) < 4.78 is 11.0. The summed E-state index contributed by atoms with van der Waals surface area (Å²) in [5.41, 5.74) is 5.39. The maximum Gasteiger partial charge on any atom is 0.410 e. The van der Waals surface area contributed by atoms with Crippen LogP contribution in [0.3, 0.4) is 0 Å².